The highest BCUT2D eigenvalue weighted by Gasteiger charge is 2.34. The summed E-state index contributed by atoms with van der Waals surface area (Å²) in [6, 6.07) is 6.25. The molecule has 6 nitrogen and oxygen atoms in total. The van der Waals surface area contributed by atoms with Crippen molar-refractivity contribution in [3.05, 3.63) is 47.0 Å². The largest absolute Gasteiger partial charge is 0.342 e. The van der Waals surface area contributed by atoms with Gasteiger partial charge in [0.05, 0.1) is 5.69 Å². The molecule has 0 saturated carbocycles. The van der Waals surface area contributed by atoms with Crippen LogP contribution in [0, 0.1) is 17.7 Å². The van der Waals surface area contributed by atoms with E-state index >= 15 is 0 Å². The van der Waals surface area contributed by atoms with Gasteiger partial charge >= 0.3 is 0 Å². The van der Waals surface area contributed by atoms with E-state index < -0.39 is 0 Å². The standard InChI is InChI=1S/C25H31FN4O2/c1-17-4-3-13-29(16-17)24(31)18-11-14-28(15-12-18)25(32)23-21-5-2-6-22(21)30(27-23)20-9-7-19(26)8-10-20/h7-10,17-18H,2-6,11-16H2,1H3. The third-order valence-electron chi connectivity index (χ3n) is 7.30. The van der Waals surface area contributed by atoms with E-state index in [0.717, 1.165) is 68.6 Å². The number of aromatic nitrogens is 2. The van der Waals surface area contributed by atoms with Gasteiger partial charge in [-0.3, -0.25) is 9.59 Å². The molecule has 32 heavy (non-hydrogen) atoms. The monoisotopic (exact) mass is 438 g/mol. The number of piperidine rings is 2. The minimum absolute atomic E-state index is 0.0202. The van der Waals surface area contributed by atoms with E-state index in [1.54, 1.807) is 12.1 Å². The third kappa shape index (κ3) is 3.93. The van der Waals surface area contributed by atoms with Crippen molar-refractivity contribution in [1.82, 2.24) is 19.6 Å². The molecule has 1 aromatic heterocycles. The summed E-state index contributed by atoms with van der Waals surface area (Å²) < 4.78 is 15.2. The van der Waals surface area contributed by atoms with Crippen molar-refractivity contribution in [2.75, 3.05) is 26.2 Å². The highest BCUT2D eigenvalue weighted by atomic mass is 19.1. The summed E-state index contributed by atoms with van der Waals surface area (Å²) in [6.45, 7) is 5.14. The molecule has 7 heteroatoms. The number of carbonyl (C=O) groups is 2. The molecular weight excluding hydrogens is 407 g/mol. The van der Waals surface area contributed by atoms with Gasteiger partial charge < -0.3 is 9.80 Å². The van der Waals surface area contributed by atoms with Gasteiger partial charge in [-0.1, -0.05) is 6.92 Å². The van der Waals surface area contributed by atoms with Crippen molar-refractivity contribution < 1.29 is 14.0 Å². The molecule has 2 aliphatic heterocycles. The maximum absolute atomic E-state index is 13.4. The summed E-state index contributed by atoms with van der Waals surface area (Å²) in [7, 11) is 0. The van der Waals surface area contributed by atoms with Gasteiger partial charge in [-0.25, -0.2) is 9.07 Å². The molecular formula is C25H31FN4O2. The zero-order chi connectivity index (χ0) is 22.2. The summed E-state index contributed by atoms with van der Waals surface area (Å²) in [4.78, 5) is 30.2. The zero-order valence-electron chi connectivity index (χ0n) is 18.7. The second-order valence-corrected chi connectivity index (χ2v) is 9.61. The first-order chi connectivity index (χ1) is 15.5. The van der Waals surface area contributed by atoms with Gasteiger partial charge in [0.1, 0.15) is 5.82 Å². The SMILES string of the molecule is CC1CCCN(C(=O)C2CCN(C(=O)c3nn(-c4ccc(F)cc4)c4c3CCC4)CC2)C1. The fourth-order valence-electron chi connectivity index (χ4n) is 5.53. The Hall–Kier alpha value is -2.70. The maximum Gasteiger partial charge on any atom is 0.274 e. The molecule has 0 spiro atoms. The number of nitrogens with zero attached hydrogens (tertiary/aromatic N) is 4. The first kappa shape index (κ1) is 21.2. The van der Waals surface area contributed by atoms with Gasteiger partial charge in [0.2, 0.25) is 5.91 Å². The molecule has 0 bridgehead atoms. The van der Waals surface area contributed by atoms with Crippen LogP contribution in [0.25, 0.3) is 5.69 Å². The van der Waals surface area contributed by atoms with Crippen LogP contribution in [0.5, 0.6) is 0 Å². The molecule has 0 radical (unpaired) electrons. The molecule has 1 atom stereocenters. The van der Waals surface area contributed by atoms with E-state index in [4.69, 9.17) is 0 Å². The number of rotatable bonds is 3. The van der Waals surface area contributed by atoms with Crippen LogP contribution < -0.4 is 0 Å². The van der Waals surface area contributed by atoms with Gasteiger partial charge in [0.15, 0.2) is 5.69 Å². The Morgan fingerprint density at radius 3 is 2.44 bits per heavy atom. The van der Waals surface area contributed by atoms with E-state index in [9.17, 15) is 14.0 Å². The number of halogens is 1. The van der Waals surface area contributed by atoms with E-state index in [1.165, 1.54) is 18.6 Å². The number of likely N-dealkylation sites (tertiary alicyclic amines) is 2. The van der Waals surface area contributed by atoms with Crippen molar-refractivity contribution in [1.29, 1.82) is 0 Å². The van der Waals surface area contributed by atoms with Gasteiger partial charge in [-0.05, 0) is 75.1 Å². The Balaban J connectivity index is 1.28. The Bertz CT molecular complexity index is 1010. The first-order valence-corrected chi connectivity index (χ1v) is 12.0. The van der Waals surface area contributed by atoms with Crippen molar-refractivity contribution in [3.63, 3.8) is 0 Å². The van der Waals surface area contributed by atoms with Gasteiger partial charge in [-0.2, -0.15) is 5.10 Å². The van der Waals surface area contributed by atoms with Gasteiger partial charge in [0.25, 0.3) is 5.91 Å². The van der Waals surface area contributed by atoms with E-state index in [2.05, 4.69) is 12.0 Å². The van der Waals surface area contributed by atoms with Gasteiger partial charge in [0, 0.05) is 43.4 Å². The summed E-state index contributed by atoms with van der Waals surface area (Å²) in [5.41, 5.74) is 3.39. The molecule has 170 valence electrons. The Kier molecular flexibility index (Phi) is 5.74. The number of hydrogen-bond donors (Lipinski definition) is 0. The van der Waals surface area contributed by atoms with Crippen LogP contribution in [0.3, 0.4) is 0 Å². The predicted molar refractivity (Wildman–Crippen MR) is 119 cm³/mol. The number of benzene rings is 1. The number of fused-ring (bicyclic) bond motifs is 1. The minimum atomic E-state index is -0.287. The summed E-state index contributed by atoms with van der Waals surface area (Å²) in [5.74, 6) is 0.538. The molecule has 3 heterocycles. The van der Waals surface area contributed by atoms with Crippen molar-refractivity contribution in [2.45, 2.75) is 51.9 Å². The summed E-state index contributed by atoms with van der Waals surface area (Å²) >= 11 is 0. The molecule has 1 aliphatic carbocycles. The second-order valence-electron chi connectivity index (χ2n) is 9.61. The van der Waals surface area contributed by atoms with Crippen molar-refractivity contribution in [3.8, 4) is 5.69 Å². The van der Waals surface area contributed by atoms with Crippen molar-refractivity contribution in [2.24, 2.45) is 11.8 Å². The molecule has 2 amide bonds. The highest BCUT2D eigenvalue weighted by Crippen LogP contribution is 2.30. The van der Waals surface area contributed by atoms with Crippen LogP contribution in [0.15, 0.2) is 24.3 Å². The number of hydrogen-bond acceptors (Lipinski definition) is 3. The molecule has 2 fully saturated rings. The quantitative estimate of drug-likeness (QED) is 0.736. The lowest BCUT2D eigenvalue weighted by Gasteiger charge is -2.37. The lowest BCUT2D eigenvalue weighted by atomic mass is 9.92. The third-order valence-corrected chi connectivity index (χ3v) is 7.30. The second kappa shape index (κ2) is 8.68. The topological polar surface area (TPSA) is 58.4 Å². The van der Waals surface area contributed by atoms with Crippen LogP contribution in [0.4, 0.5) is 4.39 Å². The van der Waals surface area contributed by atoms with Gasteiger partial charge in [-0.15, -0.1) is 0 Å². The summed E-state index contributed by atoms with van der Waals surface area (Å²) in [5, 5.41) is 4.67. The minimum Gasteiger partial charge on any atom is -0.342 e. The normalized spacial score (nSPS) is 21.6. The molecule has 0 N–H and O–H groups in total. The Labute approximate surface area is 188 Å². The van der Waals surface area contributed by atoms with E-state index in [1.807, 2.05) is 14.5 Å². The number of amides is 2. The van der Waals surface area contributed by atoms with Crippen LogP contribution in [0.2, 0.25) is 0 Å². The fraction of sp³-hybridized carbons (Fsp3) is 0.560. The average Bonchev–Trinajstić information content (AvgIpc) is 3.42. The molecule has 1 unspecified atom stereocenters. The predicted octanol–water partition coefficient (Wildman–Crippen LogP) is 3.61. The maximum atomic E-state index is 13.4. The summed E-state index contributed by atoms with van der Waals surface area (Å²) in [6.07, 6.45) is 6.45. The Morgan fingerprint density at radius 1 is 0.969 bits per heavy atom. The highest BCUT2D eigenvalue weighted by molar-refractivity contribution is 5.94. The lowest BCUT2D eigenvalue weighted by Crippen LogP contribution is -2.47. The number of carbonyl (C=O) groups excluding carboxylic acids is 2. The van der Waals surface area contributed by atoms with Crippen LogP contribution in [-0.4, -0.2) is 57.6 Å². The zero-order valence-corrected chi connectivity index (χ0v) is 18.7. The first-order valence-electron chi connectivity index (χ1n) is 12.0. The smallest absolute Gasteiger partial charge is 0.274 e. The van der Waals surface area contributed by atoms with E-state index in [0.29, 0.717) is 24.7 Å². The van der Waals surface area contributed by atoms with Crippen LogP contribution in [0.1, 0.15) is 60.8 Å². The molecule has 3 aliphatic rings. The van der Waals surface area contributed by atoms with Crippen LogP contribution in [-0.2, 0) is 17.6 Å². The van der Waals surface area contributed by atoms with Crippen LogP contribution >= 0.6 is 0 Å². The average molecular weight is 439 g/mol. The fourth-order valence-corrected chi connectivity index (χ4v) is 5.53. The molecule has 2 aromatic rings. The molecule has 5 rings (SSSR count). The lowest BCUT2D eigenvalue weighted by molar-refractivity contribution is -0.138. The molecule has 2 saturated heterocycles. The Morgan fingerprint density at radius 2 is 1.72 bits per heavy atom. The van der Waals surface area contributed by atoms with Crippen molar-refractivity contribution >= 4 is 11.8 Å². The molecule has 1 aromatic carbocycles. The van der Waals surface area contributed by atoms with E-state index in [-0.39, 0.29) is 23.5 Å².